The lowest BCUT2D eigenvalue weighted by Crippen LogP contribution is -2.28. The predicted octanol–water partition coefficient (Wildman–Crippen LogP) is 3.50. The number of carbonyl (C=O) groups is 1. The molecule has 0 spiro atoms. The van der Waals surface area contributed by atoms with Crippen LogP contribution in [0.1, 0.15) is 24.8 Å². The molecule has 1 aliphatic carbocycles. The zero-order valence-corrected chi connectivity index (χ0v) is 10.3. The molecular formula is C12H14BrNO. The third-order valence-electron chi connectivity index (χ3n) is 2.92. The summed E-state index contributed by atoms with van der Waals surface area (Å²) in [5, 5.41) is 2.98. The Balaban J connectivity index is 2.06. The van der Waals surface area contributed by atoms with Gasteiger partial charge < -0.3 is 5.32 Å². The van der Waals surface area contributed by atoms with Crippen LogP contribution in [0.3, 0.4) is 0 Å². The minimum Gasteiger partial charge on any atom is -0.326 e. The Morgan fingerprint density at radius 2 is 2.20 bits per heavy atom. The first-order valence-corrected chi connectivity index (χ1v) is 6.03. The van der Waals surface area contributed by atoms with Crippen molar-refractivity contribution in [2.24, 2.45) is 5.92 Å². The summed E-state index contributed by atoms with van der Waals surface area (Å²) in [5.41, 5.74) is 2.02. The average molecular weight is 268 g/mol. The van der Waals surface area contributed by atoms with Gasteiger partial charge in [0.15, 0.2) is 0 Å². The number of carbonyl (C=O) groups excluding carboxylic acids is 1. The van der Waals surface area contributed by atoms with Crippen molar-refractivity contribution in [3.8, 4) is 0 Å². The van der Waals surface area contributed by atoms with Crippen LogP contribution in [-0.2, 0) is 4.79 Å². The maximum atomic E-state index is 11.7. The number of rotatable bonds is 2. The van der Waals surface area contributed by atoms with E-state index in [1.165, 1.54) is 6.42 Å². The molecular weight excluding hydrogens is 254 g/mol. The Hall–Kier alpha value is -0.830. The summed E-state index contributed by atoms with van der Waals surface area (Å²) < 4.78 is 1.04. The quantitative estimate of drug-likeness (QED) is 0.873. The van der Waals surface area contributed by atoms with Gasteiger partial charge in [0.1, 0.15) is 0 Å². The third-order valence-corrected chi connectivity index (χ3v) is 3.42. The van der Waals surface area contributed by atoms with Crippen LogP contribution >= 0.6 is 15.9 Å². The van der Waals surface area contributed by atoms with Gasteiger partial charge in [-0.15, -0.1) is 0 Å². The Labute approximate surface area is 98.2 Å². The fraction of sp³-hybridized carbons (Fsp3) is 0.417. The van der Waals surface area contributed by atoms with Gasteiger partial charge in [-0.3, -0.25) is 4.79 Å². The van der Waals surface area contributed by atoms with E-state index in [0.29, 0.717) is 0 Å². The van der Waals surface area contributed by atoms with Crippen LogP contribution in [0.25, 0.3) is 0 Å². The topological polar surface area (TPSA) is 29.1 Å². The van der Waals surface area contributed by atoms with E-state index in [1.807, 2.05) is 25.1 Å². The molecule has 2 nitrogen and oxygen atoms in total. The molecule has 0 atom stereocenters. The predicted molar refractivity (Wildman–Crippen MR) is 64.8 cm³/mol. The zero-order chi connectivity index (χ0) is 10.8. The van der Waals surface area contributed by atoms with Crippen molar-refractivity contribution in [2.75, 3.05) is 5.32 Å². The minimum absolute atomic E-state index is 0.173. The number of aryl methyl sites for hydroxylation is 1. The van der Waals surface area contributed by atoms with Crippen LogP contribution in [0.2, 0.25) is 0 Å². The first-order valence-electron chi connectivity index (χ1n) is 5.24. The Bertz CT molecular complexity index is 385. The standard InChI is InChI=1S/C12H14BrNO/c1-8-7-10(13)5-6-11(8)14-12(15)9-3-2-4-9/h5-7,9H,2-4H2,1H3,(H,14,15). The van der Waals surface area contributed by atoms with Gasteiger partial charge in [0.25, 0.3) is 0 Å². The van der Waals surface area contributed by atoms with Crippen molar-refractivity contribution in [1.29, 1.82) is 0 Å². The van der Waals surface area contributed by atoms with E-state index in [2.05, 4.69) is 21.2 Å². The number of benzene rings is 1. The molecule has 0 heterocycles. The van der Waals surface area contributed by atoms with E-state index in [0.717, 1.165) is 28.6 Å². The van der Waals surface area contributed by atoms with Gasteiger partial charge in [-0.1, -0.05) is 22.4 Å². The molecule has 3 heteroatoms. The van der Waals surface area contributed by atoms with Gasteiger partial charge in [-0.2, -0.15) is 0 Å². The highest BCUT2D eigenvalue weighted by Gasteiger charge is 2.25. The molecule has 80 valence electrons. The number of hydrogen-bond acceptors (Lipinski definition) is 1. The molecule has 0 radical (unpaired) electrons. The maximum absolute atomic E-state index is 11.7. The lowest BCUT2D eigenvalue weighted by atomic mass is 9.85. The highest BCUT2D eigenvalue weighted by atomic mass is 79.9. The molecule has 1 aliphatic rings. The van der Waals surface area contributed by atoms with E-state index < -0.39 is 0 Å². The molecule has 2 rings (SSSR count). The molecule has 0 unspecified atom stereocenters. The zero-order valence-electron chi connectivity index (χ0n) is 8.72. The van der Waals surface area contributed by atoms with Crippen molar-refractivity contribution in [2.45, 2.75) is 26.2 Å². The van der Waals surface area contributed by atoms with E-state index in [-0.39, 0.29) is 11.8 Å². The molecule has 0 aliphatic heterocycles. The van der Waals surface area contributed by atoms with Crippen LogP contribution in [0.4, 0.5) is 5.69 Å². The summed E-state index contributed by atoms with van der Waals surface area (Å²) in [4.78, 5) is 11.7. The molecule has 0 aromatic heterocycles. The lowest BCUT2D eigenvalue weighted by Gasteiger charge is -2.24. The highest BCUT2D eigenvalue weighted by Crippen LogP contribution is 2.28. The van der Waals surface area contributed by atoms with Crippen molar-refractivity contribution >= 4 is 27.5 Å². The van der Waals surface area contributed by atoms with Gasteiger partial charge in [0.05, 0.1) is 0 Å². The van der Waals surface area contributed by atoms with Crippen LogP contribution in [0.5, 0.6) is 0 Å². The lowest BCUT2D eigenvalue weighted by molar-refractivity contribution is -0.122. The molecule has 1 N–H and O–H groups in total. The van der Waals surface area contributed by atoms with E-state index >= 15 is 0 Å². The summed E-state index contributed by atoms with van der Waals surface area (Å²) in [6, 6.07) is 5.90. The normalized spacial score (nSPS) is 15.9. The van der Waals surface area contributed by atoms with Crippen LogP contribution in [-0.4, -0.2) is 5.91 Å². The number of halogens is 1. The largest absolute Gasteiger partial charge is 0.326 e. The number of anilines is 1. The number of nitrogens with one attached hydrogen (secondary N) is 1. The maximum Gasteiger partial charge on any atom is 0.227 e. The minimum atomic E-state index is 0.173. The SMILES string of the molecule is Cc1cc(Br)ccc1NC(=O)C1CCC1. The van der Waals surface area contributed by atoms with Crippen LogP contribution in [0, 0.1) is 12.8 Å². The van der Waals surface area contributed by atoms with Crippen LogP contribution in [0.15, 0.2) is 22.7 Å². The summed E-state index contributed by atoms with van der Waals surface area (Å²) >= 11 is 3.40. The van der Waals surface area contributed by atoms with Gasteiger partial charge in [0.2, 0.25) is 5.91 Å². The van der Waals surface area contributed by atoms with E-state index in [1.54, 1.807) is 0 Å². The number of amides is 1. The first-order chi connectivity index (χ1) is 7.16. The summed E-state index contributed by atoms with van der Waals surface area (Å²) in [7, 11) is 0. The Morgan fingerprint density at radius 1 is 1.47 bits per heavy atom. The van der Waals surface area contributed by atoms with Gasteiger partial charge in [-0.05, 0) is 43.5 Å². The second-order valence-electron chi connectivity index (χ2n) is 4.08. The highest BCUT2D eigenvalue weighted by molar-refractivity contribution is 9.10. The second kappa shape index (κ2) is 4.35. The summed E-state index contributed by atoms with van der Waals surface area (Å²) in [6.45, 7) is 2.00. The molecule has 15 heavy (non-hydrogen) atoms. The molecule has 1 saturated carbocycles. The molecule has 0 bridgehead atoms. The van der Waals surface area contributed by atoms with Crippen LogP contribution < -0.4 is 5.32 Å². The molecule has 1 amide bonds. The number of hydrogen-bond donors (Lipinski definition) is 1. The van der Waals surface area contributed by atoms with Gasteiger partial charge in [0, 0.05) is 16.1 Å². The van der Waals surface area contributed by atoms with Crippen molar-refractivity contribution < 1.29 is 4.79 Å². The molecule has 1 fully saturated rings. The molecule has 1 aromatic rings. The fourth-order valence-corrected chi connectivity index (χ4v) is 2.15. The van der Waals surface area contributed by atoms with Gasteiger partial charge in [-0.25, -0.2) is 0 Å². The smallest absolute Gasteiger partial charge is 0.227 e. The Morgan fingerprint density at radius 3 is 2.73 bits per heavy atom. The second-order valence-corrected chi connectivity index (χ2v) is 4.99. The third kappa shape index (κ3) is 2.40. The van der Waals surface area contributed by atoms with E-state index in [9.17, 15) is 4.79 Å². The summed E-state index contributed by atoms with van der Waals surface area (Å²) in [6.07, 6.45) is 3.28. The molecule has 0 saturated heterocycles. The molecule has 1 aromatic carbocycles. The first kappa shape index (κ1) is 10.7. The average Bonchev–Trinajstić information content (AvgIpc) is 2.07. The van der Waals surface area contributed by atoms with Crippen molar-refractivity contribution in [1.82, 2.24) is 0 Å². The summed E-state index contributed by atoms with van der Waals surface area (Å²) in [5.74, 6) is 0.416. The van der Waals surface area contributed by atoms with Crippen molar-refractivity contribution in [3.05, 3.63) is 28.2 Å². The monoisotopic (exact) mass is 267 g/mol. The van der Waals surface area contributed by atoms with E-state index in [4.69, 9.17) is 0 Å². The van der Waals surface area contributed by atoms with Gasteiger partial charge >= 0.3 is 0 Å². The van der Waals surface area contributed by atoms with Crippen molar-refractivity contribution in [3.63, 3.8) is 0 Å². The Kier molecular flexibility index (Phi) is 3.10. The fourth-order valence-electron chi connectivity index (χ4n) is 1.67.